The summed E-state index contributed by atoms with van der Waals surface area (Å²) in [4.78, 5) is 22.8. The number of nitrogens with zero attached hydrogens (tertiary/aromatic N) is 1. The van der Waals surface area contributed by atoms with Crippen molar-refractivity contribution in [1.82, 2.24) is 0 Å². The van der Waals surface area contributed by atoms with E-state index in [1.165, 1.54) is 12.1 Å². The average molecular weight is 292 g/mol. The molecule has 3 rings (SSSR count). The number of carbonyl (C=O) groups is 1. The van der Waals surface area contributed by atoms with E-state index >= 15 is 0 Å². The highest BCUT2D eigenvalue weighted by Crippen LogP contribution is 2.39. The fourth-order valence-corrected chi connectivity index (χ4v) is 2.75. The van der Waals surface area contributed by atoms with Gasteiger partial charge in [0.15, 0.2) is 11.5 Å². The van der Waals surface area contributed by atoms with E-state index in [2.05, 4.69) is 5.32 Å². The molecule has 0 saturated heterocycles. The lowest BCUT2D eigenvalue weighted by molar-refractivity contribution is -0.384. The van der Waals surface area contributed by atoms with Crippen molar-refractivity contribution in [1.29, 1.82) is 0 Å². The van der Waals surface area contributed by atoms with Gasteiger partial charge in [-0.05, 0) is 12.8 Å². The second kappa shape index (κ2) is 5.59. The van der Waals surface area contributed by atoms with Crippen molar-refractivity contribution in [3.8, 4) is 11.5 Å². The van der Waals surface area contributed by atoms with E-state index in [-0.39, 0.29) is 23.2 Å². The summed E-state index contributed by atoms with van der Waals surface area (Å²) < 4.78 is 10.7. The van der Waals surface area contributed by atoms with Gasteiger partial charge in [0, 0.05) is 12.0 Å². The summed E-state index contributed by atoms with van der Waals surface area (Å²) >= 11 is 0. The number of anilines is 1. The third kappa shape index (κ3) is 2.76. The molecule has 1 aromatic carbocycles. The number of hydrogen-bond acceptors (Lipinski definition) is 5. The molecule has 7 nitrogen and oxygen atoms in total. The van der Waals surface area contributed by atoms with Crippen LogP contribution in [0.3, 0.4) is 0 Å². The summed E-state index contributed by atoms with van der Waals surface area (Å²) in [6.45, 7) is 0.749. The maximum atomic E-state index is 12.2. The van der Waals surface area contributed by atoms with Crippen LogP contribution in [0, 0.1) is 16.0 Å². The maximum absolute atomic E-state index is 12.2. The Labute approximate surface area is 121 Å². The normalized spacial score (nSPS) is 17.5. The number of nitro benzene ring substituents is 1. The van der Waals surface area contributed by atoms with Crippen LogP contribution in [-0.2, 0) is 4.79 Å². The Morgan fingerprint density at radius 3 is 2.43 bits per heavy atom. The molecular weight excluding hydrogens is 276 g/mol. The molecule has 0 spiro atoms. The van der Waals surface area contributed by atoms with Crippen LogP contribution >= 0.6 is 0 Å². The van der Waals surface area contributed by atoms with Gasteiger partial charge in [-0.25, -0.2) is 0 Å². The molecular formula is C14H16N2O5. The molecule has 1 N–H and O–H groups in total. The number of nitrogens with one attached hydrogen (secondary N) is 1. The van der Waals surface area contributed by atoms with Crippen LogP contribution in [0.1, 0.15) is 25.7 Å². The minimum Gasteiger partial charge on any atom is -0.486 e. The Hall–Kier alpha value is -2.31. The van der Waals surface area contributed by atoms with E-state index < -0.39 is 4.92 Å². The molecule has 0 bridgehead atoms. The highest BCUT2D eigenvalue weighted by Gasteiger charge is 2.27. The van der Waals surface area contributed by atoms with Gasteiger partial charge in [0.05, 0.1) is 11.0 Å². The van der Waals surface area contributed by atoms with E-state index in [1.54, 1.807) is 0 Å². The number of carbonyl (C=O) groups excluding carboxylic acids is 1. The summed E-state index contributed by atoms with van der Waals surface area (Å²) in [6, 6.07) is 2.78. The molecule has 1 aliphatic heterocycles. The minimum atomic E-state index is -0.525. The van der Waals surface area contributed by atoms with Crippen molar-refractivity contribution in [3.05, 3.63) is 22.2 Å². The fourth-order valence-electron chi connectivity index (χ4n) is 2.75. The lowest BCUT2D eigenvalue weighted by atomic mass is 10.1. The van der Waals surface area contributed by atoms with Gasteiger partial charge in [0.1, 0.15) is 18.9 Å². The van der Waals surface area contributed by atoms with Crippen LogP contribution in [0.15, 0.2) is 12.1 Å². The third-order valence-corrected chi connectivity index (χ3v) is 3.84. The van der Waals surface area contributed by atoms with Gasteiger partial charge in [-0.3, -0.25) is 14.9 Å². The van der Waals surface area contributed by atoms with Crippen LogP contribution < -0.4 is 14.8 Å². The molecule has 0 unspecified atom stereocenters. The summed E-state index contributed by atoms with van der Waals surface area (Å²) in [5.41, 5.74) is -0.00764. The Bertz CT molecular complexity index is 581. The molecule has 2 aliphatic rings. The standard InChI is InChI=1S/C14H16N2O5/c17-14(9-3-1-2-4-9)15-10-7-12-13(21-6-5-20-12)8-11(10)16(18)19/h7-9H,1-6H2,(H,15,17). The average Bonchev–Trinajstić information content (AvgIpc) is 3.00. The summed E-state index contributed by atoms with van der Waals surface area (Å²) in [5, 5.41) is 13.8. The first-order valence-electron chi connectivity index (χ1n) is 7.04. The molecule has 21 heavy (non-hydrogen) atoms. The predicted molar refractivity (Wildman–Crippen MR) is 74.7 cm³/mol. The first kappa shape index (κ1) is 13.7. The molecule has 1 aliphatic carbocycles. The van der Waals surface area contributed by atoms with Gasteiger partial charge in [-0.1, -0.05) is 12.8 Å². The van der Waals surface area contributed by atoms with Crippen LogP contribution in [0.25, 0.3) is 0 Å². The third-order valence-electron chi connectivity index (χ3n) is 3.84. The number of amides is 1. The van der Waals surface area contributed by atoms with Gasteiger partial charge < -0.3 is 14.8 Å². The van der Waals surface area contributed by atoms with Crippen molar-refractivity contribution >= 4 is 17.3 Å². The number of benzene rings is 1. The number of fused-ring (bicyclic) bond motifs is 1. The highest BCUT2D eigenvalue weighted by molar-refractivity contribution is 5.95. The number of ether oxygens (including phenoxy) is 2. The van der Waals surface area contributed by atoms with Crippen molar-refractivity contribution in [2.24, 2.45) is 5.92 Å². The van der Waals surface area contributed by atoms with Crippen LogP contribution in [-0.4, -0.2) is 24.0 Å². The topological polar surface area (TPSA) is 90.7 Å². The highest BCUT2D eigenvalue weighted by atomic mass is 16.6. The molecule has 1 saturated carbocycles. The molecule has 1 heterocycles. The molecule has 0 atom stereocenters. The summed E-state index contributed by atoms with van der Waals surface area (Å²) in [7, 11) is 0. The zero-order chi connectivity index (χ0) is 14.8. The van der Waals surface area contributed by atoms with Gasteiger partial charge in [0.2, 0.25) is 5.91 Å². The Kier molecular flexibility index (Phi) is 3.64. The zero-order valence-corrected chi connectivity index (χ0v) is 11.5. The first-order valence-corrected chi connectivity index (χ1v) is 7.04. The largest absolute Gasteiger partial charge is 0.486 e. The van der Waals surface area contributed by atoms with Crippen LogP contribution in [0.4, 0.5) is 11.4 Å². The van der Waals surface area contributed by atoms with Gasteiger partial charge in [0.25, 0.3) is 5.69 Å². The Balaban J connectivity index is 1.88. The molecule has 0 aromatic heterocycles. The van der Waals surface area contributed by atoms with Crippen molar-refractivity contribution in [2.45, 2.75) is 25.7 Å². The van der Waals surface area contributed by atoms with Crippen LogP contribution in [0.2, 0.25) is 0 Å². The Morgan fingerprint density at radius 1 is 1.19 bits per heavy atom. The second-order valence-electron chi connectivity index (χ2n) is 5.24. The number of nitro groups is 1. The first-order chi connectivity index (χ1) is 10.1. The maximum Gasteiger partial charge on any atom is 0.296 e. The van der Waals surface area contributed by atoms with E-state index in [9.17, 15) is 14.9 Å². The molecule has 1 fully saturated rings. The number of hydrogen-bond donors (Lipinski definition) is 1. The molecule has 0 radical (unpaired) electrons. The molecule has 1 amide bonds. The lowest BCUT2D eigenvalue weighted by Gasteiger charge is -2.19. The lowest BCUT2D eigenvalue weighted by Crippen LogP contribution is -2.21. The minimum absolute atomic E-state index is 0.0576. The number of rotatable bonds is 3. The van der Waals surface area contributed by atoms with Crippen molar-refractivity contribution in [2.75, 3.05) is 18.5 Å². The molecule has 7 heteroatoms. The smallest absolute Gasteiger partial charge is 0.296 e. The monoisotopic (exact) mass is 292 g/mol. The van der Waals surface area contributed by atoms with E-state index in [0.717, 1.165) is 25.7 Å². The van der Waals surface area contributed by atoms with E-state index in [0.29, 0.717) is 24.7 Å². The van der Waals surface area contributed by atoms with E-state index in [4.69, 9.17) is 9.47 Å². The van der Waals surface area contributed by atoms with E-state index in [1.807, 2.05) is 0 Å². The Morgan fingerprint density at radius 2 is 1.81 bits per heavy atom. The SMILES string of the molecule is O=C(Nc1cc2c(cc1[N+](=O)[O-])OCCO2)C1CCCC1. The molecule has 112 valence electrons. The second-order valence-corrected chi connectivity index (χ2v) is 5.24. The molecule has 1 aromatic rings. The predicted octanol–water partition coefficient (Wildman–Crippen LogP) is 2.49. The van der Waals surface area contributed by atoms with Crippen molar-refractivity contribution < 1.29 is 19.2 Å². The summed E-state index contributed by atoms with van der Waals surface area (Å²) in [5.74, 6) is 0.547. The zero-order valence-electron chi connectivity index (χ0n) is 11.5. The van der Waals surface area contributed by atoms with Gasteiger partial charge in [-0.2, -0.15) is 0 Å². The van der Waals surface area contributed by atoms with Gasteiger partial charge in [-0.15, -0.1) is 0 Å². The summed E-state index contributed by atoms with van der Waals surface area (Å²) in [6.07, 6.45) is 3.73. The van der Waals surface area contributed by atoms with Crippen molar-refractivity contribution in [3.63, 3.8) is 0 Å². The quantitative estimate of drug-likeness (QED) is 0.682. The fraction of sp³-hybridized carbons (Fsp3) is 0.500. The van der Waals surface area contributed by atoms with Crippen LogP contribution in [0.5, 0.6) is 11.5 Å². The van der Waals surface area contributed by atoms with Gasteiger partial charge >= 0.3 is 0 Å².